The van der Waals surface area contributed by atoms with Crippen LogP contribution >= 0.6 is 0 Å². The molecule has 1 N–H and O–H groups in total. The summed E-state index contributed by atoms with van der Waals surface area (Å²) in [6.45, 7) is 7.85. The normalized spacial score (nSPS) is 21.3. The van der Waals surface area contributed by atoms with Crippen LogP contribution in [0.25, 0.3) is 0 Å². The molecular formula is C11H20N2. The molecule has 0 aromatic rings. The van der Waals surface area contributed by atoms with Gasteiger partial charge in [-0.1, -0.05) is 24.3 Å². The first-order valence-electron chi connectivity index (χ1n) is 5.14. The second kappa shape index (κ2) is 6.87. The van der Waals surface area contributed by atoms with E-state index in [2.05, 4.69) is 34.5 Å². The van der Waals surface area contributed by atoms with Crippen LogP contribution in [0.5, 0.6) is 0 Å². The predicted octanol–water partition coefficient (Wildman–Crippen LogP) is 1.41. The highest BCUT2D eigenvalue weighted by atomic mass is 15.1. The van der Waals surface area contributed by atoms with Crippen molar-refractivity contribution >= 4 is 0 Å². The minimum Gasteiger partial charge on any atom is -0.315 e. The maximum Gasteiger partial charge on any atom is 0.0166 e. The van der Waals surface area contributed by atoms with E-state index in [1.54, 1.807) is 0 Å². The number of rotatable bonds is 3. The molecule has 0 radical (unpaired) electrons. The molecule has 1 saturated heterocycles. The zero-order valence-corrected chi connectivity index (χ0v) is 8.50. The maximum absolute atomic E-state index is 3.40. The summed E-state index contributed by atoms with van der Waals surface area (Å²) >= 11 is 0. The van der Waals surface area contributed by atoms with Crippen molar-refractivity contribution in [3.8, 4) is 0 Å². The van der Waals surface area contributed by atoms with Gasteiger partial charge in [0.05, 0.1) is 0 Å². The lowest BCUT2D eigenvalue weighted by molar-refractivity contribution is 0.324. The molecule has 0 aliphatic carbocycles. The zero-order valence-electron chi connectivity index (χ0n) is 8.50. The molecule has 0 unspecified atom stereocenters. The van der Waals surface area contributed by atoms with E-state index in [9.17, 15) is 0 Å². The molecule has 0 amide bonds. The summed E-state index contributed by atoms with van der Waals surface area (Å²) in [6, 6.07) is 0. The molecule has 0 aromatic heterocycles. The van der Waals surface area contributed by atoms with Crippen LogP contribution in [0.4, 0.5) is 0 Å². The standard InChI is InChI=1S/C11H20N2/c1-2-3-4-5-9-13-10-6-7-12-8-11-13/h2-5,12H,6-11H2,1H3/b3-2+,5-4+. The summed E-state index contributed by atoms with van der Waals surface area (Å²) in [5, 5.41) is 3.40. The highest BCUT2D eigenvalue weighted by molar-refractivity contribution is 5.02. The van der Waals surface area contributed by atoms with Gasteiger partial charge in [0.2, 0.25) is 0 Å². The fourth-order valence-electron chi connectivity index (χ4n) is 1.48. The van der Waals surface area contributed by atoms with E-state index in [4.69, 9.17) is 0 Å². The van der Waals surface area contributed by atoms with Crippen LogP contribution in [0.15, 0.2) is 24.3 Å². The van der Waals surface area contributed by atoms with Gasteiger partial charge >= 0.3 is 0 Å². The third kappa shape index (κ3) is 4.86. The van der Waals surface area contributed by atoms with Gasteiger partial charge < -0.3 is 5.32 Å². The lowest BCUT2D eigenvalue weighted by Crippen LogP contribution is -2.28. The molecule has 0 atom stereocenters. The molecule has 0 bridgehead atoms. The molecule has 74 valence electrons. The molecular weight excluding hydrogens is 160 g/mol. The van der Waals surface area contributed by atoms with Crippen molar-refractivity contribution in [2.24, 2.45) is 0 Å². The Balaban J connectivity index is 2.18. The zero-order chi connectivity index (χ0) is 9.36. The lowest BCUT2D eigenvalue weighted by Gasteiger charge is -2.16. The highest BCUT2D eigenvalue weighted by Crippen LogP contribution is 1.95. The third-order valence-electron chi connectivity index (χ3n) is 2.24. The molecule has 2 nitrogen and oxygen atoms in total. The average Bonchev–Trinajstić information content (AvgIpc) is 2.41. The van der Waals surface area contributed by atoms with E-state index in [0.717, 1.165) is 13.1 Å². The Kier molecular flexibility index (Phi) is 5.54. The second-order valence-corrected chi connectivity index (χ2v) is 3.36. The van der Waals surface area contributed by atoms with Crippen molar-refractivity contribution in [2.75, 3.05) is 32.7 Å². The Morgan fingerprint density at radius 2 is 2.15 bits per heavy atom. The number of hydrogen-bond donors (Lipinski definition) is 1. The van der Waals surface area contributed by atoms with E-state index < -0.39 is 0 Å². The SMILES string of the molecule is C/C=C/C=C/CN1CCCNCC1. The molecule has 13 heavy (non-hydrogen) atoms. The Hall–Kier alpha value is -0.600. The summed E-state index contributed by atoms with van der Waals surface area (Å²) in [6.07, 6.45) is 9.76. The van der Waals surface area contributed by atoms with Crippen LogP contribution in [-0.2, 0) is 0 Å². The van der Waals surface area contributed by atoms with Gasteiger partial charge in [0.1, 0.15) is 0 Å². The summed E-state index contributed by atoms with van der Waals surface area (Å²) in [7, 11) is 0. The summed E-state index contributed by atoms with van der Waals surface area (Å²) in [5.41, 5.74) is 0. The van der Waals surface area contributed by atoms with Gasteiger partial charge in [0.15, 0.2) is 0 Å². The van der Waals surface area contributed by atoms with Crippen molar-refractivity contribution in [3.05, 3.63) is 24.3 Å². The number of nitrogens with zero attached hydrogens (tertiary/aromatic N) is 1. The Bertz CT molecular complexity index is 165. The van der Waals surface area contributed by atoms with Crippen LogP contribution in [-0.4, -0.2) is 37.6 Å². The summed E-state index contributed by atoms with van der Waals surface area (Å²) in [5.74, 6) is 0. The van der Waals surface area contributed by atoms with Crippen LogP contribution in [0.1, 0.15) is 13.3 Å². The van der Waals surface area contributed by atoms with Gasteiger partial charge in [-0.3, -0.25) is 4.90 Å². The minimum absolute atomic E-state index is 1.09. The van der Waals surface area contributed by atoms with E-state index in [1.165, 1.54) is 26.1 Å². The first kappa shape index (κ1) is 10.5. The van der Waals surface area contributed by atoms with E-state index in [0.29, 0.717) is 0 Å². The highest BCUT2D eigenvalue weighted by Gasteiger charge is 2.05. The van der Waals surface area contributed by atoms with Gasteiger partial charge in [-0.2, -0.15) is 0 Å². The minimum atomic E-state index is 1.09. The average molecular weight is 180 g/mol. The molecule has 2 heteroatoms. The fourth-order valence-corrected chi connectivity index (χ4v) is 1.48. The number of hydrogen-bond acceptors (Lipinski definition) is 2. The topological polar surface area (TPSA) is 15.3 Å². The van der Waals surface area contributed by atoms with Gasteiger partial charge in [-0.25, -0.2) is 0 Å². The van der Waals surface area contributed by atoms with Crippen molar-refractivity contribution in [1.29, 1.82) is 0 Å². The van der Waals surface area contributed by atoms with Gasteiger partial charge in [-0.05, 0) is 26.4 Å². The predicted molar refractivity (Wildman–Crippen MR) is 57.9 cm³/mol. The molecule has 1 fully saturated rings. The lowest BCUT2D eigenvalue weighted by atomic mass is 10.3. The van der Waals surface area contributed by atoms with Gasteiger partial charge in [0, 0.05) is 19.6 Å². The first-order chi connectivity index (χ1) is 6.43. The molecule has 1 aliphatic heterocycles. The second-order valence-electron chi connectivity index (χ2n) is 3.36. The fraction of sp³-hybridized carbons (Fsp3) is 0.636. The van der Waals surface area contributed by atoms with Gasteiger partial charge in [0.25, 0.3) is 0 Å². The van der Waals surface area contributed by atoms with Crippen LogP contribution < -0.4 is 5.32 Å². The van der Waals surface area contributed by atoms with Crippen LogP contribution in [0, 0.1) is 0 Å². The largest absolute Gasteiger partial charge is 0.315 e. The van der Waals surface area contributed by atoms with E-state index in [1.807, 2.05) is 6.92 Å². The first-order valence-corrected chi connectivity index (χ1v) is 5.14. The molecule has 0 saturated carbocycles. The Morgan fingerprint density at radius 3 is 3.00 bits per heavy atom. The third-order valence-corrected chi connectivity index (χ3v) is 2.24. The molecule has 0 spiro atoms. The number of nitrogens with one attached hydrogen (secondary N) is 1. The smallest absolute Gasteiger partial charge is 0.0166 e. The number of allylic oxidation sites excluding steroid dienone is 3. The molecule has 0 aromatic carbocycles. The van der Waals surface area contributed by atoms with E-state index in [-0.39, 0.29) is 0 Å². The van der Waals surface area contributed by atoms with Crippen LogP contribution in [0.3, 0.4) is 0 Å². The Labute approximate surface area is 81.3 Å². The Morgan fingerprint density at radius 1 is 1.23 bits per heavy atom. The summed E-state index contributed by atoms with van der Waals surface area (Å²) in [4.78, 5) is 2.49. The van der Waals surface area contributed by atoms with Crippen molar-refractivity contribution < 1.29 is 0 Å². The van der Waals surface area contributed by atoms with Crippen molar-refractivity contribution in [3.63, 3.8) is 0 Å². The summed E-state index contributed by atoms with van der Waals surface area (Å²) < 4.78 is 0. The van der Waals surface area contributed by atoms with Crippen molar-refractivity contribution in [2.45, 2.75) is 13.3 Å². The monoisotopic (exact) mass is 180 g/mol. The van der Waals surface area contributed by atoms with E-state index >= 15 is 0 Å². The maximum atomic E-state index is 3.40. The van der Waals surface area contributed by atoms with Crippen molar-refractivity contribution in [1.82, 2.24) is 10.2 Å². The van der Waals surface area contributed by atoms with Gasteiger partial charge in [-0.15, -0.1) is 0 Å². The quantitative estimate of drug-likeness (QED) is 0.661. The molecule has 1 aliphatic rings. The van der Waals surface area contributed by atoms with Crippen LogP contribution in [0.2, 0.25) is 0 Å². The molecule has 1 heterocycles. The molecule has 1 rings (SSSR count).